The summed E-state index contributed by atoms with van der Waals surface area (Å²) < 4.78 is 2.07. The number of hydrogen-bond acceptors (Lipinski definition) is 4. The van der Waals surface area contributed by atoms with E-state index >= 15 is 0 Å². The zero-order valence-corrected chi connectivity index (χ0v) is 16.9. The lowest BCUT2D eigenvalue weighted by Crippen LogP contribution is -2.48. The van der Waals surface area contributed by atoms with Gasteiger partial charge >= 0.3 is 0 Å². The first-order valence-corrected chi connectivity index (χ1v) is 10.1. The van der Waals surface area contributed by atoms with Gasteiger partial charge in [0.2, 0.25) is 5.91 Å². The molecule has 5 nitrogen and oxygen atoms in total. The maximum atomic E-state index is 12.7. The van der Waals surface area contributed by atoms with E-state index in [1.807, 2.05) is 11.1 Å². The van der Waals surface area contributed by atoms with Crippen LogP contribution in [0, 0.1) is 13.8 Å². The summed E-state index contributed by atoms with van der Waals surface area (Å²) in [5.74, 6) is 0.638. The third-order valence-electron chi connectivity index (χ3n) is 4.90. The van der Waals surface area contributed by atoms with Crippen molar-refractivity contribution in [3.05, 3.63) is 41.7 Å². The van der Waals surface area contributed by atoms with E-state index in [1.165, 1.54) is 29.3 Å². The van der Waals surface area contributed by atoms with Crippen molar-refractivity contribution < 1.29 is 4.79 Å². The van der Waals surface area contributed by atoms with Crippen molar-refractivity contribution in [2.75, 3.05) is 32.9 Å². The van der Waals surface area contributed by atoms with E-state index in [2.05, 4.69) is 60.6 Å². The minimum atomic E-state index is 0.205. The Balaban J connectivity index is 1.65. The fraction of sp³-hybridized carbons (Fsp3) is 0.500. The van der Waals surface area contributed by atoms with Crippen molar-refractivity contribution in [3.63, 3.8) is 0 Å². The van der Waals surface area contributed by atoms with Crippen LogP contribution in [0.25, 0.3) is 5.69 Å². The molecule has 1 aliphatic rings. The predicted octanol–water partition coefficient (Wildman–Crippen LogP) is 3.13. The number of carbonyl (C=O) groups excluding carboxylic acids is 1. The maximum absolute atomic E-state index is 12.7. The van der Waals surface area contributed by atoms with Gasteiger partial charge in [-0.25, -0.2) is 4.98 Å². The molecule has 1 aromatic heterocycles. The van der Waals surface area contributed by atoms with Crippen molar-refractivity contribution in [3.8, 4) is 5.69 Å². The first-order chi connectivity index (χ1) is 12.4. The van der Waals surface area contributed by atoms with E-state index in [0.717, 1.165) is 30.4 Å². The van der Waals surface area contributed by atoms with Crippen LogP contribution in [-0.2, 0) is 4.79 Å². The molecule has 1 aromatic carbocycles. The zero-order chi connectivity index (χ0) is 18.7. The number of amides is 1. The third-order valence-corrected chi connectivity index (χ3v) is 5.85. The Labute approximate surface area is 160 Å². The lowest BCUT2D eigenvalue weighted by molar-refractivity contribution is -0.130. The van der Waals surface area contributed by atoms with Crippen molar-refractivity contribution in [2.24, 2.45) is 0 Å². The number of piperidine rings is 1. The number of rotatable bonds is 5. The molecule has 1 unspecified atom stereocenters. The van der Waals surface area contributed by atoms with Gasteiger partial charge in [0, 0.05) is 37.2 Å². The van der Waals surface area contributed by atoms with Gasteiger partial charge in [-0.05, 0) is 64.0 Å². The number of thioether (sulfide) groups is 1. The smallest absolute Gasteiger partial charge is 0.233 e. The van der Waals surface area contributed by atoms with E-state index in [9.17, 15) is 4.79 Å². The Kier molecular flexibility index (Phi) is 6.04. The van der Waals surface area contributed by atoms with Crippen molar-refractivity contribution in [1.29, 1.82) is 0 Å². The topological polar surface area (TPSA) is 41.4 Å². The van der Waals surface area contributed by atoms with Crippen molar-refractivity contribution in [1.82, 2.24) is 19.4 Å². The lowest BCUT2D eigenvalue weighted by atomic mass is 10.1. The van der Waals surface area contributed by atoms with Crippen LogP contribution in [0.3, 0.4) is 0 Å². The summed E-state index contributed by atoms with van der Waals surface area (Å²) in [4.78, 5) is 21.4. The molecule has 26 heavy (non-hydrogen) atoms. The summed E-state index contributed by atoms with van der Waals surface area (Å²) in [7, 11) is 4.18. The Morgan fingerprint density at radius 1 is 1.27 bits per heavy atom. The lowest BCUT2D eigenvalue weighted by Gasteiger charge is -2.36. The Morgan fingerprint density at radius 2 is 2.00 bits per heavy atom. The fourth-order valence-corrected chi connectivity index (χ4v) is 4.38. The Morgan fingerprint density at radius 3 is 2.69 bits per heavy atom. The predicted molar refractivity (Wildman–Crippen MR) is 107 cm³/mol. The van der Waals surface area contributed by atoms with Gasteiger partial charge in [-0.2, -0.15) is 0 Å². The average Bonchev–Trinajstić information content (AvgIpc) is 3.07. The number of hydrogen-bond donors (Lipinski definition) is 0. The summed E-state index contributed by atoms with van der Waals surface area (Å²) in [5.41, 5.74) is 3.55. The van der Waals surface area contributed by atoms with E-state index < -0.39 is 0 Å². The second kappa shape index (κ2) is 8.27. The largest absolute Gasteiger partial charge is 0.340 e. The summed E-state index contributed by atoms with van der Waals surface area (Å²) in [5, 5.41) is 0.865. The highest BCUT2D eigenvalue weighted by molar-refractivity contribution is 7.99. The second-order valence-electron chi connectivity index (χ2n) is 7.31. The summed E-state index contributed by atoms with van der Waals surface area (Å²) >= 11 is 1.52. The molecule has 1 atom stereocenters. The molecule has 140 valence electrons. The van der Waals surface area contributed by atoms with Gasteiger partial charge in [0.05, 0.1) is 5.75 Å². The summed E-state index contributed by atoms with van der Waals surface area (Å²) in [6, 6.07) is 6.92. The quantitative estimate of drug-likeness (QED) is 0.756. The van der Waals surface area contributed by atoms with Gasteiger partial charge in [0.15, 0.2) is 5.16 Å². The van der Waals surface area contributed by atoms with E-state index in [0.29, 0.717) is 11.8 Å². The minimum absolute atomic E-state index is 0.205. The number of carbonyl (C=O) groups is 1. The number of aryl methyl sites for hydroxylation is 2. The number of imidazole rings is 1. The molecule has 1 aliphatic heterocycles. The molecule has 3 rings (SSSR count). The van der Waals surface area contributed by atoms with Gasteiger partial charge < -0.3 is 9.80 Å². The molecule has 1 amide bonds. The van der Waals surface area contributed by atoms with Crippen LogP contribution >= 0.6 is 11.8 Å². The van der Waals surface area contributed by atoms with Crippen LogP contribution in [0.1, 0.15) is 24.0 Å². The zero-order valence-electron chi connectivity index (χ0n) is 16.1. The van der Waals surface area contributed by atoms with Gasteiger partial charge in [0.1, 0.15) is 0 Å². The Hall–Kier alpha value is -1.79. The van der Waals surface area contributed by atoms with E-state index in [1.54, 1.807) is 6.20 Å². The van der Waals surface area contributed by atoms with Crippen LogP contribution in [0.2, 0.25) is 0 Å². The van der Waals surface area contributed by atoms with Crippen LogP contribution in [0.5, 0.6) is 0 Å². The van der Waals surface area contributed by atoms with Gasteiger partial charge in [-0.1, -0.05) is 17.8 Å². The molecule has 6 heteroatoms. The van der Waals surface area contributed by atoms with E-state index in [4.69, 9.17) is 0 Å². The molecular formula is C20H28N4OS. The molecule has 0 spiro atoms. The summed E-state index contributed by atoms with van der Waals surface area (Å²) in [6.07, 6.45) is 6.01. The first kappa shape index (κ1) is 19.0. The number of nitrogens with zero attached hydrogens (tertiary/aromatic N) is 4. The van der Waals surface area contributed by atoms with Crippen molar-refractivity contribution >= 4 is 17.7 Å². The molecule has 1 fully saturated rings. The normalized spacial score (nSPS) is 17.7. The molecular weight excluding hydrogens is 344 g/mol. The van der Waals surface area contributed by atoms with Crippen LogP contribution in [0.15, 0.2) is 35.7 Å². The van der Waals surface area contributed by atoms with Crippen molar-refractivity contribution in [2.45, 2.75) is 37.9 Å². The molecule has 2 heterocycles. The maximum Gasteiger partial charge on any atom is 0.233 e. The number of likely N-dealkylation sites (N-methyl/N-ethyl adjacent to an activating group) is 1. The number of likely N-dealkylation sites (tertiary alicyclic amines) is 1. The SMILES string of the molecule is Cc1cc(C)cc(-n2ccnc2SCC(=O)N2CCCC(N(C)C)C2)c1. The average molecular weight is 373 g/mol. The highest BCUT2D eigenvalue weighted by atomic mass is 32.2. The molecule has 0 N–H and O–H groups in total. The molecule has 0 aliphatic carbocycles. The highest BCUT2D eigenvalue weighted by Gasteiger charge is 2.25. The molecule has 0 radical (unpaired) electrons. The third kappa shape index (κ3) is 4.48. The minimum Gasteiger partial charge on any atom is -0.340 e. The molecule has 1 saturated heterocycles. The number of benzene rings is 1. The number of aromatic nitrogens is 2. The fourth-order valence-electron chi connectivity index (χ4n) is 3.50. The first-order valence-electron chi connectivity index (χ1n) is 9.13. The Bertz CT molecular complexity index is 751. The van der Waals surface area contributed by atoms with Crippen LogP contribution in [-0.4, -0.2) is 64.2 Å². The second-order valence-corrected chi connectivity index (χ2v) is 8.26. The van der Waals surface area contributed by atoms with E-state index in [-0.39, 0.29) is 5.91 Å². The monoisotopic (exact) mass is 372 g/mol. The van der Waals surface area contributed by atoms with Gasteiger partial charge in [-0.3, -0.25) is 9.36 Å². The summed E-state index contributed by atoms with van der Waals surface area (Å²) in [6.45, 7) is 5.90. The van der Waals surface area contributed by atoms with Crippen LogP contribution in [0.4, 0.5) is 0 Å². The molecule has 2 aromatic rings. The standard InChI is InChI=1S/C20H28N4OS/c1-15-10-16(2)12-18(11-15)24-9-7-21-20(24)26-14-19(25)23-8-5-6-17(13-23)22(3)4/h7,9-12,17H,5-6,8,13-14H2,1-4H3. The highest BCUT2D eigenvalue weighted by Crippen LogP contribution is 2.23. The van der Waals surface area contributed by atoms with Crippen LogP contribution < -0.4 is 0 Å². The molecule has 0 bridgehead atoms. The molecule has 0 saturated carbocycles. The van der Waals surface area contributed by atoms with Gasteiger partial charge in [0.25, 0.3) is 0 Å². The van der Waals surface area contributed by atoms with Gasteiger partial charge in [-0.15, -0.1) is 0 Å².